The summed E-state index contributed by atoms with van der Waals surface area (Å²) >= 11 is 0. The topological polar surface area (TPSA) is 104 Å². The molecule has 0 atom stereocenters. The molecular weight excluding hydrogens is 352 g/mol. The lowest BCUT2D eigenvalue weighted by atomic mass is 10.1. The Morgan fingerprint density at radius 1 is 1.19 bits per heavy atom. The molecule has 0 saturated carbocycles. The molecule has 0 amide bonds. The minimum atomic E-state index is -0.682. The van der Waals surface area contributed by atoms with Crippen LogP contribution in [0, 0.1) is 6.92 Å². The first kappa shape index (κ1) is 18.2. The van der Waals surface area contributed by atoms with Gasteiger partial charge in [-0.25, -0.2) is 4.79 Å². The van der Waals surface area contributed by atoms with E-state index in [1.807, 2.05) is 0 Å². The molecule has 0 radical (unpaired) electrons. The maximum absolute atomic E-state index is 12.1. The molecule has 8 nitrogen and oxygen atoms in total. The normalized spacial score (nSPS) is 10.5. The summed E-state index contributed by atoms with van der Waals surface area (Å²) in [7, 11) is 3.08. The van der Waals surface area contributed by atoms with Crippen molar-refractivity contribution in [2.75, 3.05) is 14.2 Å². The quantitative estimate of drug-likeness (QED) is 0.660. The number of aromatic hydroxyl groups is 1. The first-order valence-electron chi connectivity index (χ1n) is 8.04. The summed E-state index contributed by atoms with van der Waals surface area (Å²) in [5.74, 6) is 0.756. The fourth-order valence-corrected chi connectivity index (χ4v) is 2.43. The molecular formula is C19H18N2O6. The van der Waals surface area contributed by atoms with Gasteiger partial charge in [0.25, 0.3) is 5.89 Å². The second kappa shape index (κ2) is 7.77. The minimum absolute atomic E-state index is 0.0755. The monoisotopic (exact) mass is 370 g/mol. The maximum Gasteiger partial charge on any atom is 0.342 e. The van der Waals surface area contributed by atoms with E-state index in [1.54, 1.807) is 44.4 Å². The van der Waals surface area contributed by atoms with Crippen molar-refractivity contribution in [1.29, 1.82) is 0 Å². The van der Waals surface area contributed by atoms with E-state index >= 15 is 0 Å². The van der Waals surface area contributed by atoms with E-state index in [0.29, 0.717) is 28.5 Å². The van der Waals surface area contributed by atoms with Crippen LogP contribution in [0.2, 0.25) is 0 Å². The number of esters is 1. The van der Waals surface area contributed by atoms with Gasteiger partial charge in [-0.1, -0.05) is 17.3 Å². The van der Waals surface area contributed by atoms with Gasteiger partial charge < -0.3 is 23.8 Å². The lowest BCUT2D eigenvalue weighted by Gasteiger charge is -2.07. The molecule has 1 N–H and O–H groups in total. The lowest BCUT2D eigenvalue weighted by Crippen LogP contribution is -2.06. The van der Waals surface area contributed by atoms with Crippen molar-refractivity contribution in [3.05, 3.63) is 53.4 Å². The van der Waals surface area contributed by atoms with Gasteiger partial charge in [-0.05, 0) is 30.7 Å². The standard InChI is InChI=1S/C19H18N2O6/c1-11-5-4-6-14(17(11)22)19(23)26-10-16-20-18(21-27-16)13-8-7-12(24-2)9-15(13)25-3/h4-9,22H,10H2,1-3H3. The molecule has 140 valence electrons. The molecule has 0 saturated heterocycles. The summed E-state index contributed by atoms with van der Waals surface area (Å²) in [6, 6.07) is 10.0. The minimum Gasteiger partial charge on any atom is -0.507 e. The number of benzene rings is 2. The first-order valence-corrected chi connectivity index (χ1v) is 8.04. The van der Waals surface area contributed by atoms with Gasteiger partial charge in [0, 0.05) is 6.07 Å². The Morgan fingerprint density at radius 3 is 2.74 bits per heavy atom. The summed E-state index contributed by atoms with van der Waals surface area (Å²) in [6.07, 6.45) is 0. The van der Waals surface area contributed by atoms with Crippen molar-refractivity contribution >= 4 is 5.97 Å². The molecule has 0 aliphatic heterocycles. The van der Waals surface area contributed by atoms with Crippen LogP contribution in [0.4, 0.5) is 0 Å². The number of phenols is 1. The fourth-order valence-electron chi connectivity index (χ4n) is 2.43. The van der Waals surface area contributed by atoms with Crippen molar-refractivity contribution in [2.45, 2.75) is 13.5 Å². The Balaban J connectivity index is 1.73. The number of methoxy groups -OCH3 is 2. The second-order valence-electron chi connectivity index (χ2n) is 5.63. The SMILES string of the molecule is COc1ccc(-c2noc(COC(=O)c3cccc(C)c3O)n2)c(OC)c1. The molecule has 8 heteroatoms. The summed E-state index contributed by atoms with van der Waals surface area (Å²) < 4.78 is 20.7. The highest BCUT2D eigenvalue weighted by molar-refractivity contribution is 5.92. The zero-order valence-corrected chi connectivity index (χ0v) is 15.1. The number of ether oxygens (including phenoxy) is 3. The fraction of sp³-hybridized carbons (Fsp3) is 0.211. The third-order valence-electron chi connectivity index (χ3n) is 3.90. The number of carbonyl (C=O) groups is 1. The molecule has 2 aromatic carbocycles. The predicted octanol–water partition coefficient (Wildman–Crippen LogP) is 3.12. The third kappa shape index (κ3) is 3.84. The maximum atomic E-state index is 12.1. The zero-order chi connectivity index (χ0) is 19.4. The molecule has 3 aromatic rings. The highest BCUT2D eigenvalue weighted by atomic mass is 16.6. The summed E-state index contributed by atoms with van der Waals surface area (Å²) in [4.78, 5) is 16.3. The van der Waals surface area contributed by atoms with Crippen LogP contribution in [-0.2, 0) is 11.3 Å². The van der Waals surface area contributed by atoms with Crippen LogP contribution in [0.25, 0.3) is 11.4 Å². The summed E-state index contributed by atoms with van der Waals surface area (Å²) in [5.41, 5.74) is 1.26. The van der Waals surface area contributed by atoms with Crippen LogP contribution < -0.4 is 9.47 Å². The van der Waals surface area contributed by atoms with Gasteiger partial charge in [-0.2, -0.15) is 4.98 Å². The van der Waals surface area contributed by atoms with E-state index in [0.717, 1.165) is 0 Å². The number of aromatic nitrogens is 2. The number of aryl methyl sites for hydroxylation is 1. The molecule has 3 rings (SSSR count). The van der Waals surface area contributed by atoms with E-state index < -0.39 is 5.97 Å². The zero-order valence-electron chi connectivity index (χ0n) is 15.1. The van der Waals surface area contributed by atoms with Crippen LogP contribution in [0.15, 0.2) is 40.9 Å². The number of carbonyl (C=O) groups excluding carboxylic acids is 1. The largest absolute Gasteiger partial charge is 0.507 e. The Labute approximate surface area is 155 Å². The van der Waals surface area contributed by atoms with Gasteiger partial charge in [0.05, 0.1) is 19.8 Å². The Morgan fingerprint density at radius 2 is 2.00 bits per heavy atom. The molecule has 0 aliphatic rings. The lowest BCUT2D eigenvalue weighted by molar-refractivity contribution is 0.0426. The number of nitrogens with zero attached hydrogens (tertiary/aromatic N) is 2. The van der Waals surface area contributed by atoms with Crippen LogP contribution in [0.1, 0.15) is 21.8 Å². The predicted molar refractivity (Wildman–Crippen MR) is 94.8 cm³/mol. The number of phenolic OH excluding ortho intramolecular Hbond substituents is 1. The van der Waals surface area contributed by atoms with E-state index in [4.69, 9.17) is 18.7 Å². The van der Waals surface area contributed by atoms with Gasteiger partial charge in [0.2, 0.25) is 5.82 Å². The van der Waals surface area contributed by atoms with Crippen LogP contribution in [0.3, 0.4) is 0 Å². The van der Waals surface area contributed by atoms with Gasteiger partial charge in [-0.15, -0.1) is 0 Å². The average molecular weight is 370 g/mol. The highest BCUT2D eigenvalue weighted by Crippen LogP contribution is 2.31. The van der Waals surface area contributed by atoms with Crippen molar-refractivity contribution in [3.8, 4) is 28.6 Å². The van der Waals surface area contributed by atoms with E-state index in [9.17, 15) is 9.90 Å². The second-order valence-corrected chi connectivity index (χ2v) is 5.63. The molecule has 0 fully saturated rings. The van der Waals surface area contributed by atoms with Crippen LogP contribution in [0.5, 0.6) is 17.2 Å². The molecule has 1 aromatic heterocycles. The van der Waals surface area contributed by atoms with Crippen molar-refractivity contribution in [2.24, 2.45) is 0 Å². The Hall–Kier alpha value is -3.55. The summed E-state index contributed by atoms with van der Waals surface area (Å²) in [6.45, 7) is 1.47. The van der Waals surface area contributed by atoms with Gasteiger partial charge in [0.1, 0.15) is 22.8 Å². The van der Waals surface area contributed by atoms with E-state index in [1.165, 1.54) is 13.2 Å². The van der Waals surface area contributed by atoms with Crippen molar-refractivity contribution in [3.63, 3.8) is 0 Å². The highest BCUT2D eigenvalue weighted by Gasteiger charge is 2.18. The molecule has 0 spiro atoms. The molecule has 0 unspecified atom stereocenters. The van der Waals surface area contributed by atoms with Gasteiger partial charge in [-0.3, -0.25) is 0 Å². The molecule has 27 heavy (non-hydrogen) atoms. The van der Waals surface area contributed by atoms with E-state index in [2.05, 4.69) is 10.1 Å². The summed E-state index contributed by atoms with van der Waals surface area (Å²) in [5, 5.41) is 13.8. The van der Waals surface area contributed by atoms with Crippen molar-refractivity contribution in [1.82, 2.24) is 10.1 Å². The molecule has 0 aliphatic carbocycles. The number of rotatable bonds is 6. The van der Waals surface area contributed by atoms with E-state index in [-0.39, 0.29) is 23.8 Å². The van der Waals surface area contributed by atoms with Crippen molar-refractivity contribution < 1.29 is 28.6 Å². The van der Waals surface area contributed by atoms with Gasteiger partial charge in [0.15, 0.2) is 6.61 Å². The number of hydrogen-bond donors (Lipinski definition) is 1. The number of hydrogen-bond acceptors (Lipinski definition) is 8. The average Bonchev–Trinajstić information content (AvgIpc) is 3.16. The van der Waals surface area contributed by atoms with Crippen LogP contribution in [-0.4, -0.2) is 35.4 Å². The Bertz CT molecular complexity index is 967. The smallest absolute Gasteiger partial charge is 0.342 e. The first-order chi connectivity index (χ1) is 13.0. The molecule has 0 bridgehead atoms. The van der Waals surface area contributed by atoms with Gasteiger partial charge >= 0.3 is 5.97 Å². The number of para-hydroxylation sites is 1. The Kier molecular flexibility index (Phi) is 5.25. The van der Waals surface area contributed by atoms with Crippen LogP contribution >= 0.6 is 0 Å². The third-order valence-corrected chi connectivity index (χ3v) is 3.90. The molecule has 1 heterocycles.